The topological polar surface area (TPSA) is 47.6 Å². The van der Waals surface area contributed by atoms with Gasteiger partial charge in [-0.1, -0.05) is 0 Å². The van der Waals surface area contributed by atoms with Gasteiger partial charge >= 0.3 is 18.5 Å². The van der Waals surface area contributed by atoms with Crippen molar-refractivity contribution in [2.24, 2.45) is 0 Å². The summed E-state index contributed by atoms with van der Waals surface area (Å²) in [5, 5.41) is 16.8. The zero-order chi connectivity index (χ0) is 18.4. The van der Waals surface area contributed by atoms with Crippen LogP contribution < -0.4 is 0 Å². The van der Waals surface area contributed by atoms with Gasteiger partial charge < -0.3 is 0 Å². The Bertz CT molecular complexity index is 671. The van der Waals surface area contributed by atoms with Gasteiger partial charge in [-0.25, -0.2) is 4.39 Å². The Morgan fingerprint density at radius 1 is 0.565 bits per heavy atom. The van der Waals surface area contributed by atoms with E-state index in [9.17, 15) is 43.9 Å². The molecule has 23 heavy (non-hydrogen) atoms. The van der Waals surface area contributed by atoms with E-state index in [1.165, 1.54) is 0 Å². The summed E-state index contributed by atoms with van der Waals surface area (Å²) in [6, 6.07) is 0.846. The van der Waals surface area contributed by atoms with Crippen molar-refractivity contribution in [3.63, 3.8) is 0 Å². The van der Waals surface area contributed by atoms with Crippen LogP contribution in [-0.4, -0.2) is 0 Å². The fourth-order valence-corrected chi connectivity index (χ4v) is 1.78. The summed E-state index contributed by atoms with van der Waals surface area (Å²) in [5.74, 6) is -2.62. The quantitative estimate of drug-likeness (QED) is 0.641. The van der Waals surface area contributed by atoms with Crippen LogP contribution in [-0.2, 0) is 18.5 Å². The summed E-state index contributed by atoms with van der Waals surface area (Å²) in [7, 11) is 0. The van der Waals surface area contributed by atoms with Crippen LogP contribution in [0.4, 0.5) is 43.9 Å². The van der Waals surface area contributed by atoms with Gasteiger partial charge in [0.25, 0.3) is 0 Å². The van der Waals surface area contributed by atoms with Crippen LogP contribution in [0.3, 0.4) is 0 Å². The van der Waals surface area contributed by atoms with Crippen molar-refractivity contribution in [3.8, 4) is 12.1 Å². The van der Waals surface area contributed by atoms with Crippen LogP contribution in [0.2, 0.25) is 0 Å². The van der Waals surface area contributed by atoms with Crippen LogP contribution in [0.25, 0.3) is 0 Å². The van der Waals surface area contributed by atoms with Gasteiger partial charge in [0.15, 0.2) is 5.82 Å². The first-order valence-electron chi connectivity index (χ1n) is 5.09. The van der Waals surface area contributed by atoms with E-state index in [2.05, 4.69) is 0 Å². The van der Waals surface area contributed by atoms with Crippen molar-refractivity contribution >= 4 is 0 Å². The molecule has 0 unspecified atom stereocenters. The Balaban J connectivity index is 4.36. The van der Waals surface area contributed by atoms with E-state index in [0.29, 0.717) is 12.1 Å². The average Bonchev–Trinajstić information content (AvgIpc) is 2.33. The summed E-state index contributed by atoms with van der Waals surface area (Å²) in [6.07, 6.45) is -18.5. The Hall–Kier alpha value is -2.50. The van der Waals surface area contributed by atoms with E-state index in [1.807, 2.05) is 0 Å². The lowest BCUT2D eigenvalue weighted by atomic mass is 9.90. The van der Waals surface area contributed by atoms with Crippen molar-refractivity contribution in [2.75, 3.05) is 0 Å². The minimum Gasteiger partial charge on any atom is -0.204 e. The van der Waals surface area contributed by atoms with Gasteiger partial charge in [-0.15, -0.1) is 0 Å². The molecule has 124 valence electrons. The smallest absolute Gasteiger partial charge is 0.204 e. The highest BCUT2D eigenvalue weighted by Crippen LogP contribution is 2.49. The minimum atomic E-state index is -6.25. The number of rotatable bonds is 0. The predicted octanol–water partition coefficient (Wildman–Crippen LogP) is 4.63. The van der Waals surface area contributed by atoms with Gasteiger partial charge in [-0.05, 0) is 0 Å². The van der Waals surface area contributed by atoms with Gasteiger partial charge in [0.05, 0.1) is 16.7 Å². The standard InChI is InChI=1S/C11F10N2/c12-8-3(1-22)5(9(13,14)15)7(11(19,20)21)6(4(8)2-23)10(16,17)18. The molecule has 0 aromatic heterocycles. The Morgan fingerprint density at radius 2 is 0.826 bits per heavy atom. The van der Waals surface area contributed by atoms with E-state index < -0.39 is 52.2 Å². The number of nitrogens with zero attached hydrogens (tertiary/aromatic N) is 2. The molecule has 0 fully saturated rings. The van der Waals surface area contributed by atoms with Crippen LogP contribution in [0.5, 0.6) is 0 Å². The summed E-state index contributed by atoms with van der Waals surface area (Å²) in [5.41, 5.74) is -14.3. The molecule has 0 radical (unpaired) electrons. The molecule has 0 saturated carbocycles. The van der Waals surface area contributed by atoms with Gasteiger partial charge in [-0.3, -0.25) is 0 Å². The molecule has 0 amide bonds. The molecule has 2 nitrogen and oxygen atoms in total. The normalized spacial score (nSPS) is 12.7. The molecule has 0 saturated heterocycles. The molecule has 0 aliphatic heterocycles. The number of benzene rings is 1. The second-order valence-corrected chi connectivity index (χ2v) is 3.91. The molecule has 0 atom stereocenters. The zero-order valence-electron chi connectivity index (χ0n) is 10.2. The van der Waals surface area contributed by atoms with Gasteiger partial charge in [0, 0.05) is 0 Å². The van der Waals surface area contributed by atoms with E-state index >= 15 is 0 Å². The maximum absolute atomic E-state index is 13.6. The second kappa shape index (κ2) is 5.30. The van der Waals surface area contributed by atoms with Crippen LogP contribution >= 0.6 is 0 Å². The SMILES string of the molecule is N#Cc1c(F)c(C#N)c(C(F)(F)F)c(C(F)(F)F)c1C(F)(F)F. The summed E-state index contributed by atoms with van der Waals surface area (Å²) >= 11 is 0. The Morgan fingerprint density at radius 3 is 1.00 bits per heavy atom. The van der Waals surface area contributed by atoms with Crippen molar-refractivity contribution in [1.29, 1.82) is 10.5 Å². The van der Waals surface area contributed by atoms with Crippen molar-refractivity contribution in [3.05, 3.63) is 33.6 Å². The third-order valence-electron chi connectivity index (χ3n) is 2.51. The number of hydrogen-bond acceptors (Lipinski definition) is 2. The summed E-state index contributed by atoms with van der Waals surface area (Å²) < 4.78 is 128. The van der Waals surface area contributed by atoms with E-state index in [0.717, 1.165) is 0 Å². The summed E-state index contributed by atoms with van der Waals surface area (Å²) in [6.45, 7) is 0. The molecule has 0 aliphatic rings. The highest BCUT2D eigenvalue weighted by atomic mass is 19.4. The molecule has 1 aromatic carbocycles. The second-order valence-electron chi connectivity index (χ2n) is 3.91. The van der Waals surface area contributed by atoms with E-state index in [1.54, 1.807) is 0 Å². The molecular formula is C11F10N2. The Kier molecular flexibility index (Phi) is 4.27. The van der Waals surface area contributed by atoms with Crippen LogP contribution in [0.1, 0.15) is 27.8 Å². The van der Waals surface area contributed by atoms with Crippen molar-refractivity contribution < 1.29 is 43.9 Å². The first kappa shape index (κ1) is 18.5. The lowest BCUT2D eigenvalue weighted by Gasteiger charge is -2.23. The lowest BCUT2D eigenvalue weighted by molar-refractivity contribution is -0.175. The fourth-order valence-electron chi connectivity index (χ4n) is 1.78. The molecule has 0 N–H and O–H groups in total. The monoisotopic (exact) mass is 350 g/mol. The van der Waals surface area contributed by atoms with Crippen molar-refractivity contribution in [1.82, 2.24) is 0 Å². The highest BCUT2D eigenvalue weighted by Gasteiger charge is 2.54. The Labute approximate surface area is 120 Å². The summed E-state index contributed by atoms with van der Waals surface area (Å²) in [4.78, 5) is 0. The van der Waals surface area contributed by atoms with Crippen LogP contribution in [0.15, 0.2) is 0 Å². The van der Waals surface area contributed by atoms with Crippen LogP contribution in [0, 0.1) is 28.5 Å². The van der Waals surface area contributed by atoms with Gasteiger partial charge in [0.1, 0.15) is 23.3 Å². The fraction of sp³-hybridized carbons (Fsp3) is 0.273. The molecule has 0 spiro atoms. The highest BCUT2D eigenvalue weighted by molar-refractivity contribution is 5.59. The molecular weight excluding hydrogens is 350 g/mol. The zero-order valence-corrected chi connectivity index (χ0v) is 10.2. The number of hydrogen-bond donors (Lipinski definition) is 0. The third kappa shape index (κ3) is 3.16. The minimum absolute atomic E-state index is 0.423. The number of alkyl halides is 9. The maximum atomic E-state index is 13.6. The first-order valence-corrected chi connectivity index (χ1v) is 5.09. The number of nitriles is 2. The molecule has 12 heteroatoms. The average molecular weight is 350 g/mol. The molecule has 1 aromatic rings. The predicted molar refractivity (Wildman–Crippen MR) is 50.8 cm³/mol. The lowest BCUT2D eigenvalue weighted by Crippen LogP contribution is -2.27. The largest absolute Gasteiger partial charge is 0.418 e. The number of halogens is 10. The first-order chi connectivity index (χ1) is 10.2. The maximum Gasteiger partial charge on any atom is 0.418 e. The van der Waals surface area contributed by atoms with E-state index in [4.69, 9.17) is 10.5 Å². The van der Waals surface area contributed by atoms with E-state index in [-0.39, 0.29) is 0 Å². The van der Waals surface area contributed by atoms with Crippen molar-refractivity contribution in [2.45, 2.75) is 18.5 Å². The van der Waals surface area contributed by atoms with Gasteiger partial charge in [0.2, 0.25) is 0 Å². The van der Waals surface area contributed by atoms with Gasteiger partial charge in [-0.2, -0.15) is 50.0 Å². The third-order valence-corrected chi connectivity index (χ3v) is 2.51. The molecule has 0 aliphatic carbocycles. The molecule has 0 bridgehead atoms. The molecule has 1 rings (SSSR count). The molecule has 0 heterocycles.